The van der Waals surface area contributed by atoms with Gasteiger partial charge in [-0.3, -0.25) is 9.79 Å². The summed E-state index contributed by atoms with van der Waals surface area (Å²) < 4.78 is 10.6. The lowest BCUT2D eigenvalue weighted by molar-refractivity contribution is -0.118. The van der Waals surface area contributed by atoms with Crippen LogP contribution in [0, 0.1) is 0 Å². The lowest BCUT2D eigenvalue weighted by Crippen LogP contribution is -2.31. The number of methoxy groups -OCH3 is 2. The van der Waals surface area contributed by atoms with E-state index in [4.69, 9.17) is 9.47 Å². The number of ether oxygens (including phenoxy) is 2. The molecule has 160 valence electrons. The first-order valence-corrected chi connectivity index (χ1v) is 10.3. The van der Waals surface area contributed by atoms with E-state index in [1.165, 1.54) is 5.56 Å². The number of hydrogen-bond donors (Lipinski definition) is 2. The van der Waals surface area contributed by atoms with E-state index in [1.807, 2.05) is 48.2 Å². The Hall–Kier alpha value is -3.22. The van der Waals surface area contributed by atoms with Crippen molar-refractivity contribution in [1.82, 2.24) is 5.32 Å². The molecule has 7 heteroatoms. The van der Waals surface area contributed by atoms with E-state index in [2.05, 4.69) is 21.7 Å². The number of fused-ring (bicyclic) bond motifs is 1. The molecule has 2 N–H and O–H groups in total. The SMILES string of the molecule is CCNC(=NCCCC(=O)N1CCc2ccccc21)Nc1ccc(OC)c(OC)c1. The maximum Gasteiger partial charge on any atom is 0.227 e. The van der Waals surface area contributed by atoms with Gasteiger partial charge in [0.2, 0.25) is 5.91 Å². The summed E-state index contributed by atoms with van der Waals surface area (Å²) in [7, 11) is 3.22. The highest BCUT2D eigenvalue weighted by Crippen LogP contribution is 2.30. The fourth-order valence-electron chi connectivity index (χ4n) is 3.51. The second-order valence-electron chi connectivity index (χ2n) is 6.98. The van der Waals surface area contributed by atoms with Gasteiger partial charge >= 0.3 is 0 Å². The Kier molecular flexibility index (Phi) is 7.54. The third kappa shape index (κ3) is 5.23. The van der Waals surface area contributed by atoms with Crippen LogP contribution >= 0.6 is 0 Å². The molecular weight excluding hydrogens is 380 g/mol. The zero-order valence-electron chi connectivity index (χ0n) is 17.9. The molecule has 2 aromatic rings. The number of aliphatic imine (C=N–C) groups is 1. The third-order valence-corrected chi connectivity index (χ3v) is 5.00. The molecule has 1 heterocycles. The molecule has 30 heavy (non-hydrogen) atoms. The van der Waals surface area contributed by atoms with Gasteiger partial charge in [-0.25, -0.2) is 0 Å². The number of carbonyl (C=O) groups excluding carboxylic acids is 1. The Balaban J connectivity index is 1.55. The van der Waals surface area contributed by atoms with Crippen LogP contribution in [0.4, 0.5) is 11.4 Å². The van der Waals surface area contributed by atoms with Gasteiger partial charge in [-0.05, 0) is 43.5 Å². The molecular formula is C23H30N4O3. The number of anilines is 2. The first-order valence-electron chi connectivity index (χ1n) is 10.3. The first-order chi connectivity index (χ1) is 14.7. The molecule has 0 fully saturated rings. The number of para-hydroxylation sites is 1. The molecule has 7 nitrogen and oxygen atoms in total. The van der Waals surface area contributed by atoms with Crippen molar-refractivity contribution >= 4 is 23.2 Å². The zero-order chi connectivity index (χ0) is 21.3. The summed E-state index contributed by atoms with van der Waals surface area (Å²) in [6, 6.07) is 13.7. The van der Waals surface area contributed by atoms with Crippen LogP contribution in [-0.2, 0) is 11.2 Å². The van der Waals surface area contributed by atoms with Crippen LogP contribution in [-0.4, -0.2) is 45.7 Å². The normalized spacial score (nSPS) is 13.0. The summed E-state index contributed by atoms with van der Waals surface area (Å²) in [4.78, 5) is 19.1. The number of carbonyl (C=O) groups is 1. The van der Waals surface area contributed by atoms with Gasteiger partial charge in [-0.2, -0.15) is 0 Å². The van der Waals surface area contributed by atoms with Crippen molar-refractivity contribution in [1.29, 1.82) is 0 Å². The quantitative estimate of drug-likeness (QED) is 0.396. The van der Waals surface area contributed by atoms with Crippen LogP contribution in [0.1, 0.15) is 25.3 Å². The molecule has 0 saturated heterocycles. The highest BCUT2D eigenvalue weighted by Gasteiger charge is 2.23. The van der Waals surface area contributed by atoms with Crippen LogP contribution in [0.25, 0.3) is 0 Å². The Bertz CT molecular complexity index is 898. The van der Waals surface area contributed by atoms with Gasteiger partial charge in [0.15, 0.2) is 17.5 Å². The van der Waals surface area contributed by atoms with E-state index in [1.54, 1.807) is 14.2 Å². The minimum Gasteiger partial charge on any atom is -0.493 e. The molecule has 0 aromatic heterocycles. The van der Waals surface area contributed by atoms with Gasteiger partial charge in [0.25, 0.3) is 0 Å². The van der Waals surface area contributed by atoms with Gasteiger partial charge in [-0.15, -0.1) is 0 Å². The van der Waals surface area contributed by atoms with Crippen LogP contribution < -0.4 is 25.0 Å². The fourth-order valence-corrected chi connectivity index (χ4v) is 3.51. The Morgan fingerprint density at radius 3 is 2.70 bits per heavy atom. The molecule has 0 atom stereocenters. The fraction of sp³-hybridized carbons (Fsp3) is 0.391. The molecule has 0 spiro atoms. The van der Waals surface area contributed by atoms with Crippen molar-refractivity contribution in [2.45, 2.75) is 26.2 Å². The van der Waals surface area contributed by atoms with Crippen LogP contribution in [0.15, 0.2) is 47.5 Å². The summed E-state index contributed by atoms with van der Waals surface area (Å²) in [6.07, 6.45) is 2.10. The van der Waals surface area contributed by atoms with E-state index in [0.717, 1.165) is 30.9 Å². The van der Waals surface area contributed by atoms with E-state index in [-0.39, 0.29) is 5.91 Å². The molecule has 0 saturated carbocycles. The minimum atomic E-state index is 0.160. The summed E-state index contributed by atoms with van der Waals surface area (Å²) >= 11 is 0. The lowest BCUT2D eigenvalue weighted by Gasteiger charge is -2.17. The average molecular weight is 411 g/mol. The number of hydrogen-bond acceptors (Lipinski definition) is 4. The predicted octanol–water partition coefficient (Wildman–Crippen LogP) is 3.45. The Morgan fingerprint density at radius 2 is 1.93 bits per heavy atom. The topological polar surface area (TPSA) is 75.2 Å². The number of benzene rings is 2. The summed E-state index contributed by atoms with van der Waals surface area (Å²) in [5.41, 5.74) is 3.14. The highest BCUT2D eigenvalue weighted by atomic mass is 16.5. The molecule has 0 bridgehead atoms. The molecule has 1 aliphatic heterocycles. The average Bonchev–Trinajstić information content (AvgIpc) is 3.21. The first kappa shape index (κ1) is 21.5. The summed E-state index contributed by atoms with van der Waals surface area (Å²) in [5, 5.41) is 6.50. The summed E-state index contributed by atoms with van der Waals surface area (Å²) in [5.74, 6) is 2.15. The zero-order valence-corrected chi connectivity index (χ0v) is 17.9. The van der Waals surface area contributed by atoms with Gasteiger partial charge in [0.1, 0.15) is 0 Å². The van der Waals surface area contributed by atoms with Crippen molar-refractivity contribution in [3.63, 3.8) is 0 Å². The predicted molar refractivity (Wildman–Crippen MR) is 121 cm³/mol. The third-order valence-electron chi connectivity index (χ3n) is 5.00. The number of nitrogens with zero attached hydrogens (tertiary/aromatic N) is 2. The number of rotatable bonds is 8. The maximum atomic E-state index is 12.6. The summed E-state index contributed by atoms with van der Waals surface area (Å²) in [6.45, 7) is 4.08. The van der Waals surface area contributed by atoms with Gasteiger partial charge in [0.05, 0.1) is 14.2 Å². The Labute approximate surface area is 178 Å². The van der Waals surface area contributed by atoms with E-state index >= 15 is 0 Å². The molecule has 1 amide bonds. The number of guanidine groups is 1. The van der Waals surface area contributed by atoms with E-state index < -0.39 is 0 Å². The Morgan fingerprint density at radius 1 is 1.13 bits per heavy atom. The minimum absolute atomic E-state index is 0.160. The van der Waals surface area contributed by atoms with Crippen LogP contribution in [0.2, 0.25) is 0 Å². The van der Waals surface area contributed by atoms with Crippen LogP contribution in [0.5, 0.6) is 11.5 Å². The molecule has 0 radical (unpaired) electrons. The highest BCUT2D eigenvalue weighted by molar-refractivity contribution is 5.95. The monoisotopic (exact) mass is 410 g/mol. The molecule has 1 aliphatic rings. The maximum absolute atomic E-state index is 12.6. The van der Waals surface area contributed by atoms with Crippen molar-refractivity contribution in [3.05, 3.63) is 48.0 Å². The molecule has 2 aromatic carbocycles. The number of nitrogens with one attached hydrogen (secondary N) is 2. The van der Waals surface area contributed by atoms with Gasteiger partial charge < -0.3 is 25.0 Å². The second kappa shape index (κ2) is 10.5. The smallest absolute Gasteiger partial charge is 0.227 e. The van der Waals surface area contributed by atoms with Crippen molar-refractivity contribution < 1.29 is 14.3 Å². The standard InChI is InChI=1S/C23H30N4O3/c1-4-24-23(26-18-11-12-20(29-2)21(16-18)30-3)25-14-7-10-22(28)27-15-13-17-8-5-6-9-19(17)27/h5-6,8-9,11-12,16H,4,7,10,13-15H2,1-3H3,(H2,24,25,26). The van der Waals surface area contributed by atoms with E-state index in [9.17, 15) is 4.79 Å². The number of amides is 1. The van der Waals surface area contributed by atoms with Crippen molar-refractivity contribution in [3.8, 4) is 11.5 Å². The van der Waals surface area contributed by atoms with Gasteiger partial charge in [-0.1, -0.05) is 18.2 Å². The largest absolute Gasteiger partial charge is 0.493 e. The van der Waals surface area contributed by atoms with Crippen molar-refractivity contribution in [2.75, 3.05) is 44.1 Å². The molecule has 3 rings (SSSR count). The lowest BCUT2D eigenvalue weighted by atomic mass is 10.2. The second-order valence-corrected chi connectivity index (χ2v) is 6.98. The van der Waals surface area contributed by atoms with E-state index in [0.29, 0.717) is 36.8 Å². The van der Waals surface area contributed by atoms with Gasteiger partial charge in [0, 0.05) is 43.5 Å². The molecule has 0 unspecified atom stereocenters. The molecule has 0 aliphatic carbocycles. The van der Waals surface area contributed by atoms with Crippen LogP contribution in [0.3, 0.4) is 0 Å². The van der Waals surface area contributed by atoms with Crippen molar-refractivity contribution in [2.24, 2.45) is 4.99 Å².